The molecule has 0 aromatic heterocycles. The van der Waals surface area contributed by atoms with E-state index in [0.29, 0.717) is 5.41 Å². The van der Waals surface area contributed by atoms with E-state index in [-0.39, 0.29) is 0 Å². The Morgan fingerprint density at radius 3 is 2.17 bits per heavy atom. The molecule has 0 aromatic rings. The standard InChI is InChI=1S/C11H23Br/c1-5-7-10(12)8-6-9-11(2,3)4/h10H,5-9H2,1-4H3. The molecule has 0 bridgehead atoms. The van der Waals surface area contributed by atoms with Crippen molar-refractivity contribution in [2.75, 3.05) is 0 Å². The van der Waals surface area contributed by atoms with Gasteiger partial charge in [-0.3, -0.25) is 0 Å². The summed E-state index contributed by atoms with van der Waals surface area (Å²) in [7, 11) is 0. The number of rotatable bonds is 5. The predicted octanol–water partition coefficient (Wildman–Crippen LogP) is 4.77. The second-order valence-electron chi connectivity index (χ2n) is 4.84. The van der Waals surface area contributed by atoms with Gasteiger partial charge in [-0.1, -0.05) is 56.5 Å². The fraction of sp³-hybridized carbons (Fsp3) is 1.00. The molecule has 12 heavy (non-hydrogen) atoms. The second kappa shape index (κ2) is 6.01. The van der Waals surface area contributed by atoms with E-state index in [4.69, 9.17) is 0 Å². The zero-order valence-corrected chi connectivity index (χ0v) is 10.6. The van der Waals surface area contributed by atoms with Gasteiger partial charge in [-0.15, -0.1) is 0 Å². The molecule has 0 rings (SSSR count). The maximum atomic E-state index is 3.71. The first-order chi connectivity index (χ1) is 5.45. The summed E-state index contributed by atoms with van der Waals surface area (Å²) >= 11 is 3.71. The van der Waals surface area contributed by atoms with Gasteiger partial charge in [-0.25, -0.2) is 0 Å². The number of alkyl halides is 1. The minimum atomic E-state index is 0.513. The highest BCUT2D eigenvalue weighted by Crippen LogP contribution is 2.24. The van der Waals surface area contributed by atoms with Crippen LogP contribution in [0.5, 0.6) is 0 Å². The van der Waals surface area contributed by atoms with Crippen LogP contribution in [-0.4, -0.2) is 4.83 Å². The summed E-state index contributed by atoms with van der Waals surface area (Å²) in [5.74, 6) is 0. The average molecular weight is 235 g/mol. The van der Waals surface area contributed by atoms with Gasteiger partial charge in [0.05, 0.1) is 0 Å². The molecule has 0 N–H and O–H groups in total. The molecule has 0 radical (unpaired) electrons. The van der Waals surface area contributed by atoms with E-state index in [1.54, 1.807) is 0 Å². The Labute approximate surface area is 86.3 Å². The molecule has 0 nitrogen and oxygen atoms in total. The molecule has 0 heterocycles. The monoisotopic (exact) mass is 234 g/mol. The molecule has 74 valence electrons. The molecule has 0 fully saturated rings. The molecular weight excluding hydrogens is 212 g/mol. The summed E-state index contributed by atoms with van der Waals surface area (Å²) < 4.78 is 0. The molecule has 0 aliphatic heterocycles. The molecule has 0 aliphatic carbocycles. The normalized spacial score (nSPS) is 14.8. The lowest BCUT2D eigenvalue weighted by molar-refractivity contribution is 0.358. The van der Waals surface area contributed by atoms with Crippen LogP contribution in [0.3, 0.4) is 0 Å². The van der Waals surface area contributed by atoms with Crippen LogP contribution < -0.4 is 0 Å². The Balaban J connectivity index is 3.31. The Bertz CT molecular complexity index is 102. The highest BCUT2D eigenvalue weighted by Gasteiger charge is 2.10. The molecule has 0 saturated carbocycles. The van der Waals surface area contributed by atoms with Crippen LogP contribution in [0.15, 0.2) is 0 Å². The third kappa shape index (κ3) is 8.58. The quantitative estimate of drug-likeness (QED) is 0.602. The van der Waals surface area contributed by atoms with Crippen molar-refractivity contribution in [2.24, 2.45) is 5.41 Å². The smallest absolute Gasteiger partial charge is 0.0145 e. The molecular formula is C11H23Br. The summed E-state index contributed by atoms with van der Waals surface area (Å²) in [6, 6.07) is 0. The van der Waals surface area contributed by atoms with Crippen molar-refractivity contribution < 1.29 is 0 Å². The van der Waals surface area contributed by atoms with Gasteiger partial charge in [0.25, 0.3) is 0 Å². The van der Waals surface area contributed by atoms with Crippen molar-refractivity contribution in [3.63, 3.8) is 0 Å². The first-order valence-electron chi connectivity index (χ1n) is 5.10. The van der Waals surface area contributed by atoms with Crippen molar-refractivity contribution in [3.8, 4) is 0 Å². The summed E-state index contributed by atoms with van der Waals surface area (Å²) in [4.78, 5) is 0.754. The van der Waals surface area contributed by atoms with E-state index in [2.05, 4.69) is 43.6 Å². The molecule has 1 atom stereocenters. The highest BCUT2D eigenvalue weighted by molar-refractivity contribution is 9.09. The van der Waals surface area contributed by atoms with Gasteiger partial charge in [0.2, 0.25) is 0 Å². The van der Waals surface area contributed by atoms with Crippen molar-refractivity contribution in [3.05, 3.63) is 0 Å². The highest BCUT2D eigenvalue weighted by atomic mass is 79.9. The van der Waals surface area contributed by atoms with Crippen LogP contribution in [0.4, 0.5) is 0 Å². The van der Waals surface area contributed by atoms with Gasteiger partial charge < -0.3 is 0 Å². The topological polar surface area (TPSA) is 0 Å². The largest absolute Gasteiger partial charge is 0.0891 e. The molecule has 0 spiro atoms. The average Bonchev–Trinajstić information content (AvgIpc) is 1.84. The zero-order valence-electron chi connectivity index (χ0n) is 8.99. The fourth-order valence-electron chi connectivity index (χ4n) is 1.31. The molecule has 0 aliphatic rings. The summed E-state index contributed by atoms with van der Waals surface area (Å²) in [6.45, 7) is 9.19. The molecule has 0 aromatic carbocycles. The molecule has 1 heteroatoms. The summed E-state index contributed by atoms with van der Waals surface area (Å²) in [5.41, 5.74) is 0.513. The maximum Gasteiger partial charge on any atom is 0.0145 e. The van der Waals surface area contributed by atoms with Crippen LogP contribution >= 0.6 is 15.9 Å². The van der Waals surface area contributed by atoms with E-state index in [0.717, 1.165) is 4.83 Å². The van der Waals surface area contributed by atoms with E-state index < -0.39 is 0 Å². The number of halogens is 1. The van der Waals surface area contributed by atoms with Gasteiger partial charge in [-0.2, -0.15) is 0 Å². The first kappa shape index (κ1) is 12.5. The lowest BCUT2D eigenvalue weighted by atomic mass is 9.89. The van der Waals surface area contributed by atoms with Crippen molar-refractivity contribution in [2.45, 2.75) is 64.6 Å². The number of hydrogen-bond donors (Lipinski definition) is 0. The fourth-order valence-corrected chi connectivity index (χ4v) is 2.09. The van der Waals surface area contributed by atoms with Crippen LogP contribution in [0.25, 0.3) is 0 Å². The maximum absolute atomic E-state index is 3.71. The van der Waals surface area contributed by atoms with Gasteiger partial charge >= 0.3 is 0 Å². The Hall–Kier alpha value is 0.480. The minimum absolute atomic E-state index is 0.513. The van der Waals surface area contributed by atoms with Crippen LogP contribution in [0, 0.1) is 5.41 Å². The summed E-state index contributed by atoms with van der Waals surface area (Å²) in [6.07, 6.45) is 6.67. The number of hydrogen-bond acceptors (Lipinski definition) is 0. The molecule has 0 saturated heterocycles. The molecule has 1 unspecified atom stereocenters. The van der Waals surface area contributed by atoms with Crippen LogP contribution in [0.2, 0.25) is 0 Å². The second-order valence-corrected chi connectivity index (χ2v) is 6.13. The molecule has 0 amide bonds. The Morgan fingerprint density at radius 2 is 1.75 bits per heavy atom. The van der Waals surface area contributed by atoms with Gasteiger partial charge in [0.1, 0.15) is 0 Å². The van der Waals surface area contributed by atoms with Gasteiger partial charge in [0.15, 0.2) is 0 Å². The Kier molecular flexibility index (Phi) is 6.25. The SMILES string of the molecule is CCCC(Br)CCCC(C)(C)C. The third-order valence-corrected chi connectivity index (χ3v) is 2.96. The minimum Gasteiger partial charge on any atom is -0.0891 e. The van der Waals surface area contributed by atoms with Crippen LogP contribution in [-0.2, 0) is 0 Å². The summed E-state index contributed by atoms with van der Waals surface area (Å²) in [5, 5.41) is 0. The van der Waals surface area contributed by atoms with Crippen molar-refractivity contribution in [1.82, 2.24) is 0 Å². The van der Waals surface area contributed by atoms with E-state index >= 15 is 0 Å². The third-order valence-electron chi connectivity index (χ3n) is 2.05. The van der Waals surface area contributed by atoms with Crippen LogP contribution in [0.1, 0.15) is 59.8 Å². The Morgan fingerprint density at radius 1 is 1.17 bits per heavy atom. The lowest BCUT2D eigenvalue weighted by Crippen LogP contribution is -2.06. The van der Waals surface area contributed by atoms with Gasteiger partial charge in [0, 0.05) is 4.83 Å². The van der Waals surface area contributed by atoms with Crippen molar-refractivity contribution >= 4 is 15.9 Å². The van der Waals surface area contributed by atoms with Crippen molar-refractivity contribution in [1.29, 1.82) is 0 Å². The van der Waals surface area contributed by atoms with Gasteiger partial charge in [-0.05, 0) is 24.7 Å². The zero-order chi connectivity index (χ0) is 9.61. The van der Waals surface area contributed by atoms with E-state index in [1.165, 1.54) is 32.1 Å². The first-order valence-corrected chi connectivity index (χ1v) is 6.01. The predicted molar refractivity (Wildman–Crippen MR) is 60.9 cm³/mol. The lowest BCUT2D eigenvalue weighted by Gasteiger charge is -2.18. The van der Waals surface area contributed by atoms with E-state index in [1.807, 2.05) is 0 Å². The van der Waals surface area contributed by atoms with E-state index in [9.17, 15) is 0 Å².